The maximum atomic E-state index is 10.6. The summed E-state index contributed by atoms with van der Waals surface area (Å²) in [6, 6.07) is 0. The van der Waals surface area contributed by atoms with Gasteiger partial charge in [-0.25, -0.2) is 0 Å². The third-order valence-electron chi connectivity index (χ3n) is 11.2. The van der Waals surface area contributed by atoms with E-state index >= 15 is 0 Å². The van der Waals surface area contributed by atoms with E-state index in [0.29, 0.717) is 32.1 Å². The largest absolute Gasteiger partial charge is 0.396 e. The Morgan fingerprint density at radius 3 is 1.68 bits per heavy atom. The molecule has 0 spiro atoms. The number of hydrogen-bond donors (Lipinski definition) is 4. The molecule has 7 saturated heterocycles. The zero-order valence-electron chi connectivity index (χ0n) is 24.2. The molecule has 11 heteroatoms. The summed E-state index contributed by atoms with van der Waals surface area (Å²) >= 11 is 0. The monoisotopic (exact) mass is 584 g/mol. The molecule has 7 fully saturated rings. The Morgan fingerprint density at radius 2 is 1.05 bits per heavy atom. The van der Waals surface area contributed by atoms with Gasteiger partial charge in [0.1, 0.15) is 6.10 Å². The molecule has 0 bridgehead atoms. The molecule has 0 aliphatic carbocycles. The predicted octanol–water partition coefficient (Wildman–Crippen LogP) is 0.746. The molecule has 0 amide bonds. The normalized spacial score (nSPS) is 56.9. The molecule has 7 heterocycles. The number of hydrogen-bond acceptors (Lipinski definition) is 11. The molecule has 234 valence electrons. The molecule has 7 rings (SSSR count). The van der Waals surface area contributed by atoms with Crippen molar-refractivity contribution in [3.8, 4) is 0 Å². The van der Waals surface area contributed by atoms with Crippen LogP contribution in [0.5, 0.6) is 0 Å². The van der Waals surface area contributed by atoms with Crippen LogP contribution in [0.4, 0.5) is 0 Å². The fourth-order valence-electron chi connectivity index (χ4n) is 8.71. The van der Waals surface area contributed by atoms with E-state index in [0.717, 1.165) is 32.1 Å². The zero-order chi connectivity index (χ0) is 28.5. The summed E-state index contributed by atoms with van der Waals surface area (Å²) < 4.78 is 45.9. The van der Waals surface area contributed by atoms with Crippen LogP contribution in [0, 0.1) is 0 Å². The first kappa shape index (κ1) is 29.3. The van der Waals surface area contributed by atoms with Gasteiger partial charge in [-0.3, -0.25) is 0 Å². The third kappa shape index (κ3) is 5.31. The minimum Gasteiger partial charge on any atom is -0.396 e. The van der Waals surface area contributed by atoms with Crippen LogP contribution < -0.4 is 0 Å². The average Bonchev–Trinajstić information content (AvgIpc) is 3.15. The second-order valence-corrected chi connectivity index (χ2v) is 14.0. The van der Waals surface area contributed by atoms with Gasteiger partial charge in [0, 0.05) is 38.7 Å². The van der Waals surface area contributed by atoms with Crippen molar-refractivity contribution in [1.82, 2.24) is 0 Å². The van der Waals surface area contributed by atoms with Crippen molar-refractivity contribution >= 4 is 0 Å². The number of ether oxygens (including phenoxy) is 7. The second kappa shape index (κ2) is 11.2. The minimum absolute atomic E-state index is 0.0223. The van der Waals surface area contributed by atoms with Crippen molar-refractivity contribution in [3.63, 3.8) is 0 Å². The number of aliphatic hydroxyl groups excluding tert-OH is 4. The number of aliphatic hydroxyl groups is 4. The molecule has 16 atom stereocenters. The summed E-state index contributed by atoms with van der Waals surface area (Å²) in [6.45, 7) is 4.01. The van der Waals surface area contributed by atoms with Crippen molar-refractivity contribution < 1.29 is 53.6 Å². The van der Waals surface area contributed by atoms with E-state index in [9.17, 15) is 20.4 Å². The van der Waals surface area contributed by atoms with Crippen LogP contribution in [0.2, 0.25) is 0 Å². The Bertz CT molecular complexity index is 938. The number of fused-ring (bicyclic) bond motifs is 6. The van der Waals surface area contributed by atoms with Crippen molar-refractivity contribution in [3.05, 3.63) is 0 Å². The predicted molar refractivity (Wildman–Crippen MR) is 142 cm³/mol. The maximum Gasteiger partial charge on any atom is 0.107 e. The first-order valence-corrected chi connectivity index (χ1v) is 15.9. The first-order valence-electron chi connectivity index (χ1n) is 15.9. The topological polar surface area (TPSA) is 146 Å². The second-order valence-electron chi connectivity index (χ2n) is 14.0. The number of rotatable bonds is 3. The van der Waals surface area contributed by atoms with Crippen LogP contribution >= 0.6 is 0 Å². The Kier molecular flexibility index (Phi) is 7.98. The van der Waals surface area contributed by atoms with Crippen LogP contribution in [-0.2, 0) is 33.2 Å². The molecule has 0 aromatic heterocycles. The lowest BCUT2D eigenvalue weighted by Gasteiger charge is -2.53. The summed E-state index contributed by atoms with van der Waals surface area (Å²) in [5, 5.41) is 40.0. The highest BCUT2D eigenvalue weighted by Gasteiger charge is 2.58. The standard InChI is InChI=1S/C30H48O11/c1-29-7-4-19-21(39-28(29)12-22-24(40-29)10-15(33)17(35-22)5-8-31)11-25-23(36-19)13-27-30(2,41-25)6-3-18-20(38-27)9-16(34)26(14-32)37-18/h15-28,31-34H,3-14H2,1-2H3/t15-,16+,17+,18+,19+,20-,21-,22-,23-,24+,25+,26-,27+,28+,29-,30-/m1/s1. The van der Waals surface area contributed by atoms with Gasteiger partial charge in [0.15, 0.2) is 0 Å². The Balaban J connectivity index is 1.04. The smallest absolute Gasteiger partial charge is 0.107 e. The highest BCUT2D eigenvalue weighted by molar-refractivity contribution is 5.06. The molecular weight excluding hydrogens is 536 g/mol. The molecule has 0 radical (unpaired) electrons. The summed E-state index contributed by atoms with van der Waals surface area (Å²) in [6.07, 6.45) is 2.71. The lowest BCUT2D eigenvalue weighted by molar-refractivity contribution is -0.306. The van der Waals surface area contributed by atoms with Gasteiger partial charge >= 0.3 is 0 Å². The van der Waals surface area contributed by atoms with Gasteiger partial charge in [-0.2, -0.15) is 0 Å². The SMILES string of the molecule is C[C@@]12CC[C@@H]3O[C@@H]4C[C@@H]5O[C@@H]6C[C@H](O)[C@@H](CO)O[C@H]6CC[C@@]5(C)O[C@H]4C[C@H]3O[C@H]1C[C@H]1O[C@@H](CCO)[C@H](O)C[C@@H]1O2. The Hall–Kier alpha value is -0.440. The average molecular weight is 585 g/mol. The van der Waals surface area contributed by atoms with E-state index in [4.69, 9.17) is 33.2 Å². The van der Waals surface area contributed by atoms with Crippen molar-refractivity contribution in [2.75, 3.05) is 13.2 Å². The summed E-state index contributed by atoms with van der Waals surface area (Å²) in [4.78, 5) is 0. The van der Waals surface area contributed by atoms with Gasteiger partial charge in [-0.05, 0) is 46.0 Å². The molecule has 7 aliphatic rings. The van der Waals surface area contributed by atoms with E-state index in [1.54, 1.807) is 0 Å². The molecule has 0 aromatic carbocycles. The van der Waals surface area contributed by atoms with Gasteiger partial charge in [-0.15, -0.1) is 0 Å². The summed E-state index contributed by atoms with van der Waals surface area (Å²) in [5.41, 5.74) is -0.998. The quantitative estimate of drug-likeness (QED) is 0.373. The Morgan fingerprint density at radius 1 is 0.561 bits per heavy atom. The fourth-order valence-corrected chi connectivity index (χ4v) is 8.71. The molecule has 4 N–H and O–H groups in total. The van der Waals surface area contributed by atoms with Gasteiger partial charge in [0.05, 0.1) is 97.2 Å². The lowest BCUT2D eigenvalue weighted by atomic mass is 9.81. The molecule has 0 aromatic rings. The van der Waals surface area contributed by atoms with Crippen LogP contribution in [0.15, 0.2) is 0 Å². The fraction of sp³-hybridized carbons (Fsp3) is 1.00. The van der Waals surface area contributed by atoms with Crippen molar-refractivity contribution in [2.24, 2.45) is 0 Å². The first-order chi connectivity index (χ1) is 19.7. The molecular formula is C30H48O11. The third-order valence-corrected chi connectivity index (χ3v) is 11.2. The van der Waals surface area contributed by atoms with Crippen LogP contribution in [0.1, 0.15) is 78.1 Å². The summed E-state index contributed by atoms with van der Waals surface area (Å²) in [7, 11) is 0. The molecule has 11 nitrogen and oxygen atoms in total. The molecule has 7 aliphatic heterocycles. The Labute approximate surface area is 241 Å². The molecule has 0 saturated carbocycles. The van der Waals surface area contributed by atoms with E-state index in [2.05, 4.69) is 13.8 Å². The lowest BCUT2D eigenvalue weighted by Crippen LogP contribution is -2.62. The molecule has 0 unspecified atom stereocenters. The van der Waals surface area contributed by atoms with Gasteiger partial charge in [0.25, 0.3) is 0 Å². The van der Waals surface area contributed by atoms with E-state index < -0.39 is 29.5 Å². The van der Waals surface area contributed by atoms with Gasteiger partial charge in [-0.1, -0.05) is 0 Å². The summed E-state index contributed by atoms with van der Waals surface area (Å²) in [5.74, 6) is 0. The maximum absolute atomic E-state index is 10.6. The highest BCUT2D eigenvalue weighted by Crippen LogP contribution is 2.49. The van der Waals surface area contributed by atoms with Crippen molar-refractivity contribution in [2.45, 2.75) is 175 Å². The van der Waals surface area contributed by atoms with Crippen LogP contribution in [0.3, 0.4) is 0 Å². The van der Waals surface area contributed by atoms with Gasteiger partial charge in [0.2, 0.25) is 0 Å². The highest BCUT2D eigenvalue weighted by atomic mass is 16.6. The zero-order valence-corrected chi connectivity index (χ0v) is 24.2. The van der Waals surface area contributed by atoms with E-state index in [1.165, 1.54) is 0 Å². The van der Waals surface area contributed by atoms with E-state index in [-0.39, 0.29) is 80.4 Å². The van der Waals surface area contributed by atoms with Gasteiger partial charge < -0.3 is 53.6 Å². The van der Waals surface area contributed by atoms with Crippen LogP contribution in [0.25, 0.3) is 0 Å². The van der Waals surface area contributed by atoms with Crippen molar-refractivity contribution in [1.29, 1.82) is 0 Å². The minimum atomic E-state index is -0.747. The molecule has 41 heavy (non-hydrogen) atoms. The van der Waals surface area contributed by atoms with Crippen LogP contribution in [-0.4, -0.2) is 130 Å². The van der Waals surface area contributed by atoms with E-state index in [1.807, 2.05) is 0 Å².